The van der Waals surface area contributed by atoms with Crippen LogP contribution in [-0.4, -0.2) is 13.1 Å². The van der Waals surface area contributed by atoms with Crippen LogP contribution in [0.1, 0.15) is 33.8 Å². The zero-order valence-corrected chi connectivity index (χ0v) is 14.0. The molecule has 1 aromatic heterocycles. The van der Waals surface area contributed by atoms with Gasteiger partial charge in [-0.1, -0.05) is 0 Å². The highest BCUT2D eigenvalue weighted by atomic mass is 79.9. The lowest BCUT2D eigenvalue weighted by Crippen LogP contribution is -2.07. The molecule has 1 atom stereocenters. The van der Waals surface area contributed by atoms with Crippen LogP contribution in [0, 0.1) is 6.92 Å². The molecule has 0 radical (unpaired) electrons. The third kappa shape index (κ3) is 3.41. The van der Waals surface area contributed by atoms with Gasteiger partial charge in [-0.3, -0.25) is 0 Å². The van der Waals surface area contributed by atoms with E-state index in [0.717, 1.165) is 15.7 Å². The number of hydrogen-bond acceptors (Lipinski definition) is 4. The minimum atomic E-state index is -0.310. The number of esters is 1. The maximum absolute atomic E-state index is 11.5. The van der Waals surface area contributed by atoms with Crippen molar-refractivity contribution < 1.29 is 9.53 Å². The summed E-state index contributed by atoms with van der Waals surface area (Å²) in [5, 5.41) is 5.53. The molecule has 5 heteroatoms. The SMILES string of the molecule is COC(=O)c1ccc(NC(C)c2cc(Br)cs2)c(C)c1. The number of hydrogen-bond donors (Lipinski definition) is 1. The number of methoxy groups -OCH3 is 1. The van der Waals surface area contributed by atoms with Gasteiger partial charge >= 0.3 is 5.97 Å². The first-order valence-corrected chi connectivity index (χ1v) is 7.88. The number of rotatable bonds is 4. The first-order chi connectivity index (χ1) is 9.51. The molecule has 0 aliphatic heterocycles. The molecule has 0 spiro atoms. The number of benzene rings is 1. The van der Waals surface area contributed by atoms with Crippen LogP contribution >= 0.6 is 27.3 Å². The minimum absolute atomic E-state index is 0.217. The van der Waals surface area contributed by atoms with Gasteiger partial charge in [0.2, 0.25) is 0 Å². The van der Waals surface area contributed by atoms with Crippen LogP contribution in [-0.2, 0) is 4.74 Å². The fraction of sp³-hybridized carbons (Fsp3) is 0.267. The summed E-state index contributed by atoms with van der Waals surface area (Å²) in [4.78, 5) is 12.7. The van der Waals surface area contributed by atoms with Crippen molar-refractivity contribution in [3.63, 3.8) is 0 Å². The highest BCUT2D eigenvalue weighted by Gasteiger charge is 2.11. The molecule has 1 heterocycles. The molecular weight excluding hydrogens is 338 g/mol. The normalized spacial score (nSPS) is 12.0. The van der Waals surface area contributed by atoms with E-state index in [0.29, 0.717) is 5.56 Å². The fourth-order valence-electron chi connectivity index (χ4n) is 1.93. The lowest BCUT2D eigenvalue weighted by molar-refractivity contribution is 0.0600. The molecule has 1 aromatic carbocycles. The smallest absolute Gasteiger partial charge is 0.337 e. The van der Waals surface area contributed by atoms with Crippen LogP contribution in [0.15, 0.2) is 34.1 Å². The Labute approximate surface area is 131 Å². The van der Waals surface area contributed by atoms with Crippen molar-refractivity contribution in [2.24, 2.45) is 0 Å². The molecule has 0 aliphatic rings. The Morgan fingerprint density at radius 3 is 2.70 bits per heavy atom. The summed E-state index contributed by atoms with van der Waals surface area (Å²) < 4.78 is 5.82. The second-order valence-corrected chi connectivity index (χ2v) is 6.41. The highest BCUT2D eigenvalue weighted by Crippen LogP contribution is 2.29. The Balaban J connectivity index is 2.15. The van der Waals surface area contributed by atoms with Gasteiger partial charge in [-0.05, 0) is 59.6 Å². The molecule has 3 nitrogen and oxygen atoms in total. The van der Waals surface area contributed by atoms with Crippen LogP contribution in [0.5, 0.6) is 0 Å². The molecule has 0 saturated carbocycles. The number of carbonyl (C=O) groups excluding carboxylic acids is 1. The largest absolute Gasteiger partial charge is 0.465 e. The summed E-state index contributed by atoms with van der Waals surface area (Å²) in [5.74, 6) is -0.310. The summed E-state index contributed by atoms with van der Waals surface area (Å²) in [6.07, 6.45) is 0. The molecule has 1 unspecified atom stereocenters. The van der Waals surface area contributed by atoms with Gasteiger partial charge in [-0.2, -0.15) is 0 Å². The van der Waals surface area contributed by atoms with E-state index in [9.17, 15) is 4.79 Å². The number of halogens is 1. The number of aryl methyl sites for hydroxylation is 1. The molecule has 1 N–H and O–H groups in total. The van der Waals surface area contributed by atoms with Gasteiger partial charge in [-0.15, -0.1) is 11.3 Å². The monoisotopic (exact) mass is 353 g/mol. The molecule has 106 valence electrons. The quantitative estimate of drug-likeness (QED) is 0.803. The van der Waals surface area contributed by atoms with E-state index in [2.05, 4.69) is 39.6 Å². The first kappa shape index (κ1) is 15.1. The number of ether oxygens (including phenoxy) is 1. The summed E-state index contributed by atoms with van der Waals surface area (Å²) in [5.41, 5.74) is 2.62. The van der Waals surface area contributed by atoms with E-state index in [1.54, 1.807) is 17.4 Å². The van der Waals surface area contributed by atoms with Crippen molar-refractivity contribution >= 4 is 38.9 Å². The van der Waals surface area contributed by atoms with Crippen molar-refractivity contribution in [1.82, 2.24) is 0 Å². The Morgan fingerprint density at radius 1 is 1.40 bits per heavy atom. The Bertz CT molecular complexity index is 624. The van der Waals surface area contributed by atoms with E-state index < -0.39 is 0 Å². The second-order valence-electron chi connectivity index (χ2n) is 4.55. The zero-order valence-electron chi connectivity index (χ0n) is 11.6. The van der Waals surface area contributed by atoms with Gasteiger partial charge < -0.3 is 10.1 Å². The van der Waals surface area contributed by atoms with Crippen molar-refractivity contribution in [1.29, 1.82) is 0 Å². The van der Waals surface area contributed by atoms with Crippen LogP contribution in [0.3, 0.4) is 0 Å². The van der Waals surface area contributed by atoms with E-state index in [4.69, 9.17) is 4.74 Å². The van der Waals surface area contributed by atoms with Crippen molar-refractivity contribution in [2.75, 3.05) is 12.4 Å². The number of nitrogens with one attached hydrogen (secondary N) is 1. The van der Waals surface area contributed by atoms with Gasteiger partial charge in [0, 0.05) is 20.4 Å². The minimum Gasteiger partial charge on any atom is -0.465 e. The number of anilines is 1. The van der Waals surface area contributed by atoms with Crippen molar-refractivity contribution in [3.05, 3.63) is 50.1 Å². The topological polar surface area (TPSA) is 38.3 Å². The molecular formula is C15H16BrNO2S. The summed E-state index contributed by atoms with van der Waals surface area (Å²) in [6.45, 7) is 4.10. The molecule has 0 aliphatic carbocycles. The van der Waals surface area contributed by atoms with E-state index in [1.807, 2.05) is 19.1 Å². The Kier molecular flexibility index (Phi) is 4.83. The summed E-state index contributed by atoms with van der Waals surface area (Å²) in [7, 11) is 1.39. The lowest BCUT2D eigenvalue weighted by Gasteiger charge is -2.16. The Hall–Kier alpha value is -1.33. The predicted molar refractivity (Wildman–Crippen MR) is 86.6 cm³/mol. The average Bonchev–Trinajstić information content (AvgIpc) is 2.86. The number of carbonyl (C=O) groups is 1. The molecule has 0 fully saturated rings. The summed E-state index contributed by atoms with van der Waals surface area (Å²) in [6, 6.07) is 7.86. The van der Waals surface area contributed by atoms with E-state index >= 15 is 0 Å². The van der Waals surface area contributed by atoms with Gasteiger partial charge in [0.05, 0.1) is 18.7 Å². The van der Waals surface area contributed by atoms with Crippen LogP contribution < -0.4 is 5.32 Å². The van der Waals surface area contributed by atoms with Crippen LogP contribution in [0.25, 0.3) is 0 Å². The summed E-state index contributed by atoms with van der Waals surface area (Å²) >= 11 is 5.18. The maximum Gasteiger partial charge on any atom is 0.337 e. The van der Waals surface area contributed by atoms with Crippen molar-refractivity contribution in [3.8, 4) is 0 Å². The van der Waals surface area contributed by atoms with Crippen molar-refractivity contribution in [2.45, 2.75) is 19.9 Å². The maximum atomic E-state index is 11.5. The standard InChI is InChI=1S/C15H16BrNO2S/c1-9-6-11(15(18)19-3)4-5-13(9)17-10(2)14-7-12(16)8-20-14/h4-8,10,17H,1-3H3. The van der Waals surface area contributed by atoms with Gasteiger partial charge in [0.25, 0.3) is 0 Å². The second kappa shape index (κ2) is 6.41. The highest BCUT2D eigenvalue weighted by molar-refractivity contribution is 9.10. The first-order valence-electron chi connectivity index (χ1n) is 6.20. The van der Waals surface area contributed by atoms with Gasteiger partial charge in [-0.25, -0.2) is 4.79 Å². The van der Waals surface area contributed by atoms with Crippen LogP contribution in [0.4, 0.5) is 5.69 Å². The van der Waals surface area contributed by atoms with Gasteiger partial charge in [0.15, 0.2) is 0 Å². The zero-order chi connectivity index (χ0) is 14.7. The molecule has 0 saturated heterocycles. The Morgan fingerprint density at radius 2 is 2.15 bits per heavy atom. The lowest BCUT2D eigenvalue weighted by atomic mass is 10.1. The molecule has 20 heavy (non-hydrogen) atoms. The van der Waals surface area contributed by atoms with E-state index in [-0.39, 0.29) is 12.0 Å². The van der Waals surface area contributed by atoms with Crippen LogP contribution in [0.2, 0.25) is 0 Å². The predicted octanol–water partition coefficient (Wildman–Crippen LogP) is 4.78. The number of thiophene rings is 1. The molecule has 2 rings (SSSR count). The average molecular weight is 354 g/mol. The van der Waals surface area contributed by atoms with E-state index in [1.165, 1.54) is 12.0 Å². The van der Waals surface area contributed by atoms with Gasteiger partial charge in [0.1, 0.15) is 0 Å². The molecule has 2 aromatic rings. The third-order valence-corrected chi connectivity index (χ3v) is 4.91. The third-order valence-electron chi connectivity index (χ3n) is 3.03. The fourth-order valence-corrected chi connectivity index (χ4v) is 3.38. The molecule has 0 amide bonds. The molecule has 0 bridgehead atoms.